The highest BCUT2D eigenvalue weighted by atomic mass is 19.2. The van der Waals surface area contributed by atoms with Gasteiger partial charge < -0.3 is 15.2 Å². The lowest BCUT2D eigenvalue weighted by Gasteiger charge is -2.26. The van der Waals surface area contributed by atoms with Crippen LogP contribution in [-0.4, -0.2) is 7.11 Å². The van der Waals surface area contributed by atoms with Gasteiger partial charge in [-0.3, -0.25) is 0 Å². The van der Waals surface area contributed by atoms with Crippen molar-refractivity contribution >= 4 is 0 Å². The molecule has 0 fully saturated rings. The number of nitrogens with two attached hydrogens (primary N) is 1. The molecule has 1 atom stereocenters. The fourth-order valence-corrected chi connectivity index (χ4v) is 2.90. The summed E-state index contributed by atoms with van der Waals surface area (Å²) in [6, 6.07) is 13.3. The van der Waals surface area contributed by atoms with E-state index in [1.165, 1.54) is 12.1 Å². The summed E-state index contributed by atoms with van der Waals surface area (Å²) in [5, 5.41) is 0. The number of benzene rings is 3. The van der Waals surface area contributed by atoms with Crippen LogP contribution in [0.15, 0.2) is 48.5 Å². The number of ether oxygens (including phenoxy) is 2. The molecule has 152 valence electrons. The van der Waals surface area contributed by atoms with Crippen LogP contribution in [0.25, 0.3) is 0 Å². The molecule has 3 nitrogen and oxygen atoms in total. The Morgan fingerprint density at radius 2 is 1.14 bits per heavy atom. The first-order valence-corrected chi connectivity index (χ1v) is 8.71. The van der Waals surface area contributed by atoms with Gasteiger partial charge in [-0.05, 0) is 49.2 Å². The minimum absolute atomic E-state index is 0.000246. The summed E-state index contributed by atoms with van der Waals surface area (Å²) in [6.07, 6.45) is 0. The summed E-state index contributed by atoms with van der Waals surface area (Å²) in [5.74, 6) is -6.62. The van der Waals surface area contributed by atoms with Gasteiger partial charge in [0.15, 0.2) is 11.6 Å². The maximum atomic E-state index is 14.0. The maximum Gasteiger partial charge on any atom is 0.204 e. The van der Waals surface area contributed by atoms with Gasteiger partial charge in [0.05, 0.1) is 12.6 Å². The Hall–Kier alpha value is -3.06. The fraction of sp³-hybridized carbons (Fsp3) is 0.182. The molecule has 0 aliphatic rings. The van der Waals surface area contributed by atoms with Gasteiger partial charge in [-0.15, -0.1) is 0 Å². The molecule has 0 aliphatic carbocycles. The smallest absolute Gasteiger partial charge is 0.204 e. The van der Waals surface area contributed by atoms with Crippen LogP contribution in [0.3, 0.4) is 0 Å². The minimum Gasteiger partial charge on any atom is -0.497 e. The Kier molecular flexibility index (Phi) is 5.53. The van der Waals surface area contributed by atoms with Gasteiger partial charge in [-0.1, -0.05) is 24.3 Å². The van der Waals surface area contributed by atoms with Crippen LogP contribution in [0.2, 0.25) is 0 Å². The molecule has 7 heteroatoms. The molecule has 29 heavy (non-hydrogen) atoms. The second kappa shape index (κ2) is 7.75. The molecule has 0 bridgehead atoms. The van der Waals surface area contributed by atoms with E-state index < -0.39 is 40.1 Å². The zero-order valence-electron chi connectivity index (χ0n) is 16.0. The summed E-state index contributed by atoms with van der Waals surface area (Å²) in [6.45, 7) is 2.74. The van der Waals surface area contributed by atoms with Crippen molar-refractivity contribution in [1.29, 1.82) is 0 Å². The molecule has 3 aromatic rings. The molecular formula is C22H19F4NO2. The van der Waals surface area contributed by atoms with Crippen molar-refractivity contribution in [2.24, 2.45) is 5.73 Å². The van der Waals surface area contributed by atoms with E-state index in [0.717, 1.165) is 12.5 Å². The van der Waals surface area contributed by atoms with Crippen LogP contribution in [-0.2, 0) is 5.54 Å². The molecule has 0 spiro atoms. The topological polar surface area (TPSA) is 44.5 Å². The Bertz CT molecular complexity index is 1000. The van der Waals surface area contributed by atoms with Gasteiger partial charge in [-0.2, -0.15) is 8.78 Å². The van der Waals surface area contributed by atoms with E-state index in [2.05, 4.69) is 0 Å². The second-order valence-corrected chi connectivity index (χ2v) is 6.77. The molecule has 0 radical (unpaired) electrons. The van der Waals surface area contributed by atoms with E-state index in [0.29, 0.717) is 11.3 Å². The number of hydrogen-bond donors (Lipinski definition) is 1. The monoisotopic (exact) mass is 405 g/mol. The Morgan fingerprint density at radius 1 is 0.724 bits per heavy atom. The van der Waals surface area contributed by atoms with E-state index in [1.54, 1.807) is 38.3 Å². The van der Waals surface area contributed by atoms with Crippen molar-refractivity contribution in [1.82, 2.24) is 0 Å². The highest BCUT2D eigenvalue weighted by Crippen LogP contribution is 2.34. The summed E-state index contributed by atoms with van der Waals surface area (Å²) < 4.78 is 65.6. The van der Waals surface area contributed by atoms with Crippen LogP contribution >= 0.6 is 0 Å². The zero-order valence-corrected chi connectivity index (χ0v) is 16.0. The minimum atomic E-state index is -1.59. The maximum absolute atomic E-state index is 14.0. The van der Waals surface area contributed by atoms with E-state index in [9.17, 15) is 17.6 Å². The second-order valence-electron chi connectivity index (χ2n) is 6.77. The van der Waals surface area contributed by atoms with Gasteiger partial charge in [-0.25, -0.2) is 8.78 Å². The van der Waals surface area contributed by atoms with Crippen LogP contribution in [0.5, 0.6) is 17.2 Å². The summed E-state index contributed by atoms with van der Waals surface area (Å²) in [4.78, 5) is 0. The highest BCUT2D eigenvalue weighted by Gasteiger charge is 2.26. The Balaban J connectivity index is 1.89. The van der Waals surface area contributed by atoms with E-state index in [-0.39, 0.29) is 5.75 Å². The third-order valence-corrected chi connectivity index (χ3v) is 4.81. The first-order valence-electron chi connectivity index (χ1n) is 8.71. The predicted octanol–water partition coefficient (Wildman–Crippen LogP) is 5.57. The normalized spacial score (nSPS) is 13.1. The van der Waals surface area contributed by atoms with E-state index in [1.807, 2.05) is 12.1 Å². The zero-order chi connectivity index (χ0) is 21.3. The van der Waals surface area contributed by atoms with Gasteiger partial charge in [0.25, 0.3) is 0 Å². The number of rotatable bonds is 5. The average Bonchev–Trinajstić information content (AvgIpc) is 2.74. The number of methoxy groups -OCH3 is 1. The SMILES string of the molecule is COc1ccc(C(C)(N)c2ccc(Oc3c(F)c(F)c(C)c(F)c3F)cc2)cc1. The van der Waals surface area contributed by atoms with Crippen molar-refractivity contribution in [3.05, 3.63) is 88.5 Å². The summed E-state index contributed by atoms with van der Waals surface area (Å²) in [5.41, 5.74) is 6.34. The van der Waals surface area contributed by atoms with Crippen molar-refractivity contribution < 1.29 is 27.0 Å². The largest absolute Gasteiger partial charge is 0.497 e. The molecule has 0 aliphatic heterocycles. The third kappa shape index (κ3) is 3.78. The van der Waals surface area contributed by atoms with E-state index in [4.69, 9.17) is 15.2 Å². The third-order valence-electron chi connectivity index (χ3n) is 4.81. The lowest BCUT2D eigenvalue weighted by molar-refractivity contribution is 0.362. The lowest BCUT2D eigenvalue weighted by Crippen LogP contribution is -2.34. The van der Waals surface area contributed by atoms with Crippen LogP contribution in [0.1, 0.15) is 23.6 Å². The van der Waals surface area contributed by atoms with Crippen molar-refractivity contribution in [3.8, 4) is 17.2 Å². The van der Waals surface area contributed by atoms with Gasteiger partial charge >= 0.3 is 0 Å². The highest BCUT2D eigenvalue weighted by molar-refractivity contribution is 5.43. The van der Waals surface area contributed by atoms with Crippen LogP contribution < -0.4 is 15.2 Å². The van der Waals surface area contributed by atoms with Gasteiger partial charge in [0.1, 0.15) is 11.5 Å². The quantitative estimate of drug-likeness (QED) is 0.446. The molecule has 2 N–H and O–H groups in total. The fourth-order valence-electron chi connectivity index (χ4n) is 2.90. The van der Waals surface area contributed by atoms with Crippen LogP contribution in [0.4, 0.5) is 17.6 Å². The molecule has 3 rings (SSSR count). The van der Waals surface area contributed by atoms with E-state index >= 15 is 0 Å². The number of halogens is 4. The molecule has 0 saturated carbocycles. The standard InChI is InChI=1S/C22H19F4NO2/c1-12-17(23)19(25)21(20(26)18(12)24)29-16-10-6-14(7-11-16)22(2,27)13-4-8-15(28-3)9-5-13/h4-11H,27H2,1-3H3. The molecule has 0 amide bonds. The average molecular weight is 405 g/mol. The van der Waals surface area contributed by atoms with Crippen LogP contribution in [0, 0.1) is 30.2 Å². The molecule has 0 saturated heterocycles. The molecule has 0 heterocycles. The van der Waals surface area contributed by atoms with Gasteiger partial charge in [0, 0.05) is 5.56 Å². The molecular weight excluding hydrogens is 386 g/mol. The number of hydrogen-bond acceptors (Lipinski definition) is 3. The lowest BCUT2D eigenvalue weighted by atomic mass is 9.86. The Morgan fingerprint density at radius 3 is 1.55 bits per heavy atom. The molecule has 0 aromatic heterocycles. The van der Waals surface area contributed by atoms with Crippen molar-refractivity contribution in [2.75, 3.05) is 7.11 Å². The molecule has 3 aromatic carbocycles. The first kappa shape index (κ1) is 20.7. The summed E-state index contributed by atoms with van der Waals surface area (Å²) >= 11 is 0. The Labute approximate surface area is 165 Å². The van der Waals surface area contributed by atoms with Crippen molar-refractivity contribution in [2.45, 2.75) is 19.4 Å². The first-order chi connectivity index (χ1) is 13.7. The summed E-state index contributed by atoms with van der Waals surface area (Å²) in [7, 11) is 1.56. The predicted molar refractivity (Wildman–Crippen MR) is 101 cm³/mol. The van der Waals surface area contributed by atoms with Crippen molar-refractivity contribution in [3.63, 3.8) is 0 Å². The van der Waals surface area contributed by atoms with Gasteiger partial charge in [0.2, 0.25) is 17.4 Å². The molecule has 1 unspecified atom stereocenters.